The van der Waals surface area contributed by atoms with Crippen molar-refractivity contribution in [3.8, 4) is 11.5 Å². The predicted molar refractivity (Wildman–Crippen MR) is 233 cm³/mol. The van der Waals surface area contributed by atoms with E-state index in [0.29, 0.717) is 12.3 Å². The molecule has 2 aromatic rings. The standard InChI is InChI=1S/C48H85O3P/c1-11-13-15-17-19-21-23-25-27-29-31-37-52(49,38-32-30-28-26-24-22-20-18-16-14-12-2,50-45-39-41(3)33-35-43(45)47(5,6)7)51-46-40-42(4)34-36-44(46)48(8,9)10/h33-36,39-40,49H,11-32,37-38H2,1-10H3. The average Bonchev–Trinajstić information content (AvgIpc) is 3.05. The molecule has 0 saturated heterocycles. The molecule has 52 heavy (non-hydrogen) atoms. The molecule has 2 rings (SSSR count). The Hall–Kier alpha value is -1.57. The van der Waals surface area contributed by atoms with Gasteiger partial charge in [-0.25, -0.2) is 0 Å². The van der Waals surface area contributed by atoms with Gasteiger partial charge in [-0.3, -0.25) is 0 Å². The van der Waals surface area contributed by atoms with E-state index in [4.69, 9.17) is 9.05 Å². The van der Waals surface area contributed by atoms with Crippen LogP contribution in [-0.4, -0.2) is 17.2 Å². The van der Waals surface area contributed by atoms with E-state index in [9.17, 15) is 4.89 Å². The van der Waals surface area contributed by atoms with Gasteiger partial charge in [0.2, 0.25) is 0 Å². The Morgan fingerprint density at radius 2 is 0.712 bits per heavy atom. The summed E-state index contributed by atoms with van der Waals surface area (Å²) in [5.74, 6) is 1.59. The normalized spacial score (nSPS) is 13.2. The van der Waals surface area contributed by atoms with Crippen molar-refractivity contribution in [2.24, 2.45) is 0 Å². The summed E-state index contributed by atoms with van der Waals surface area (Å²) < 4.78 is 14.6. The van der Waals surface area contributed by atoms with E-state index in [0.717, 1.165) is 59.4 Å². The zero-order chi connectivity index (χ0) is 38.5. The Bertz CT molecular complexity index is 1160. The maximum atomic E-state index is 13.6. The predicted octanol–water partition coefficient (Wildman–Crippen LogP) is 16.3. The molecule has 3 nitrogen and oxygen atoms in total. The number of unbranched alkanes of at least 4 members (excludes halogenated alkanes) is 20. The fourth-order valence-corrected chi connectivity index (χ4v) is 11.1. The third kappa shape index (κ3) is 17.7. The third-order valence-corrected chi connectivity index (χ3v) is 14.5. The molecule has 0 unspecified atom stereocenters. The molecule has 0 radical (unpaired) electrons. The second-order valence-electron chi connectivity index (χ2n) is 18.5. The van der Waals surface area contributed by atoms with Crippen molar-refractivity contribution in [2.75, 3.05) is 12.3 Å². The summed E-state index contributed by atoms with van der Waals surface area (Å²) in [5.41, 5.74) is 4.27. The van der Waals surface area contributed by atoms with Gasteiger partial charge in [0.05, 0.1) is 0 Å². The number of hydrogen-bond acceptors (Lipinski definition) is 3. The number of hydrogen-bond donors (Lipinski definition) is 1. The second-order valence-corrected chi connectivity index (χ2v) is 22.2. The first-order valence-corrected chi connectivity index (χ1v) is 24.4. The van der Waals surface area contributed by atoms with Gasteiger partial charge in [0.1, 0.15) is 0 Å². The van der Waals surface area contributed by atoms with Gasteiger partial charge in [0.25, 0.3) is 0 Å². The third-order valence-electron chi connectivity index (χ3n) is 10.9. The van der Waals surface area contributed by atoms with Crippen LogP contribution in [0.25, 0.3) is 0 Å². The van der Waals surface area contributed by atoms with Crippen LogP contribution >= 0.6 is 7.28 Å². The minimum absolute atomic E-state index is 0.134. The zero-order valence-electron chi connectivity index (χ0n) is 36.1. The Kier molecular flexibility index (Phi) is 20.9. The van der Waals surface area contributed by atoms with Crippen molar-refractivity contribution in [3.05, 3.63) is 58.7 Å². The van der Waals surface area contributed by atoms with Crippen LogP contribution in [0, 0.1) is 13.8 Å². The van der Waals surface area contributed by atoms with Gasteiger partial charge in [-0.1, -0.05) is 13.8 Å². The van der Waals surface area contributed by atoms with E-state index >= 15 is 0 Å². The van der Waals surface area contributed by atoms with Crippen LogP contribution in [0.5, 0.6) is 11.5 Å². The van der Waals surface area contributed by atoms with E-state index < -0.39 is 7.28 Å². The first-order chi connectivity index (χ1) is 24.6. The number of aryl methyl sites for hydroxylation is 2. The van der Waals surface area contributed by atoms with Gasteiger partial charge in [-0.15, -0.1) is 0 Å². The summed E-state index contributed by atoms with van der Waals surface area (Å²) in [6.45, 7) is 22.3. The van der Waals surface area contributed by atoms with Gasteiger partial charge in [-0.05, 0) is 0 Å². The minimum atomic E-state index is -4.25. The van der Waals surface area contributed by atoms with Crippen molar-refractivity contribution in [2.45, 2.75) is 221 Å². The molecule has 0 heterocycles. The quantitative estimate of drug-likeness (QED) is 0.0697. The van der Waals surface area contributed by atoms with Gasteiger partial charge in [0.15, 0.2) is 0 Å². The Morgan fingerprint density at radius 1 is 0.442 bits per heavy atom. The van der Waals surface area contributed by atoms with Gasteiger partial charge in [0, 0.05) is 0 Å². The van der Waals surface area contributed by atoms with E-state index in [1.54, 1.807) is 0 Å². The van der Waals surface area contributed by atoms with Crippen LogP contribution in [0.2, 0.25) is 0 Å². The molecule has 0 aliphatic carbocycles. The van der Waals surface area contributed by atoms with Crippen molar-refractivity contribution in [1.82, 2.24) is 0 Å². The van der Waals surface area contributed by atoms with E-state index in [1.807, 2.05) is 0 Å². The van der Waals surface area contributed by atoms with Gasteiger partial charge < -0.3 is 0 Å². The molecule has 0 bridgehead atoms. The maximum absolute atomic E-state index is 13.6. The summed E-state index contributed by atoms with van der Waals surface area (Å²) >= 11 is 0. The molecule has 0 fully saturated rings. The van der Waals surface area contributed by atoms with Crippen LogP contribution < -0.4 is 9.05 Å². The molecule has 2 aromatic carbocycles. The fraction of sp³-hybridized carbons (Fsp3) is 0.750. The van der Waals surface area contributed by atoms with Crippen molar-refractivity contribution in [1.29, 1.82) is 0 Å². The van der Waals surface area contributed by atoms with Crippen molar-refractivity contribution < 1.29 is 13.9 Å². The Balaban J connectivity index is 2.36. The molecule has 0 aliphatic rings. The summed E-state index contributed by atoms with van der Waals surface area (Å²) in [4.78, 5) is 13.6. The van der Waals surface area contributed by atoms with Crippen LogP contribution in [0.1, 0.15) is 219 Å². The second kappa shape index (κ2) is 23.4. The fourth-order valence-electron chi connectivity index (χ4n) is 7.58. The summed E-state index contributed by atoms with van der Waals surface area (Å²) in [6, 6.07) is 13.0. The first kappa shape index (κ1) is 46.6. The Morgan fingerprint density at radius 3 is 0.981 bits per heavy atom. The average molecular weight is 741 g/mol. The zero-order valence-corrected chi connectivity index (χ0v) is 37.0. The molecule has 0 atom stereocenters. The SMILES string of the molecule is CCCCCCCCCCCCCP(O)(CCCCCCCCCCCCC)(Oc1cc(C)ccc1C(C)(C)C)Oc1cc(C)ccc1C(C)(C)C. The van der Waals surface area contributed by atoms with Gasteiger partial charge >= 0.3 is 311 Å². The molecule has 1 N–H and O–H groups in total. The number of rotatable bonds is 28. The molecular weight excluding hydrogens is 655 g/mol. The van der Waals surface area contributed by atoms with Gasteiger partial charge in [-0.2, -0.15) is 0 Å². The van der Waals surface area contributed by atoms with E-state index in [-0.39, 0.29) is 10.8 Å². The monoisotopic (exact) mass is 741 g/mol. The molecule has 0 aliphatic heterocycles. The van der Waals surface area contributed by atoms with E-state index in [2.05, 4.69) is 106 Å². The Labute approximate surface area is 324 Å². The van der Waals surface area contributed by atoms with Crippen LogP contribution in [0.4, 0.5) is 0 Å². The van der Waals surface area contributed by atoms with Crippen LogP contribution in [0.3, 0.4) is 0 Å². The molecule has 0 aromatic heterocycles. The van der Waals surface area contributed by atoms with Crippen molar-refractivity contribution in [3.63, 3.8) is 0 Å². The summed E-state index contributed by atoms with van der Waals surface area (Å²) in [6.07, 6.45) is 29.1. The molecule has 0 saturated carbocycles. The van der Waals surface area contributed by atoms with E-state index in [1.165, 1.54) is 116 Å². The van der Waals surface area contributed by atoms with Crippen molar-refractivity contribution >= 4 is 7.28 Å². The van der Waals surface area contributed by atoms with Crippen LogP contribution in [-0.2, 0) is 10.8 Å². The topological polar surface area (TPSA) is 38.7 Å². The molecular formula is C48H85O3P. The number of benzene rings is 2. The summed E-state index contributed by atoms with van der Waals surface area (Å²) in [5, 5.41) is 0. The molecule has 0 amide bonds. The molecule has 300 valence electrons. The molecule has 0 spiro atoms. The molecule has 4 heteroatoms. The first-order valence-electron chi connectivity index (χ1n) is 22.0. The van der Waals surface area contributed by atoms with Crippen LogP contribution in [0.15, 0.2) is 36.4 Å². The summed E-state index contributed by atoms with van der Waals surface area (Å²) in [7, 11) is -4.25.